The van der Waals surface area contributed by atoms with E-state index >= 15 is 0 Å². The largest absolute Gasteiger partial charge is 0.362 e. The lowest BCUT2D eigenvalue weighted by Crippen LogP contribution is -2.34. The van der Waals surface area contributed by atoms with E-state index < -0.39 is 0 Å². The monoisotopic (exact) mass is 265 g/mol. The molecule has 0 bridgehead atoms. The summed E-state index contributed by atoms with van der Waals surface area (Å²) in [5.74, 6) is -0.223. The lowest BCUT2D eigenvalue weighted by molar-refractivity contribution is -0.119. The zero-order valence-corrected chi connectivity index (χ0v) is 11.2. The molecule has 0 aliphatic carbocycles. The van der Waals surface area contributed by atoms with Crippen LogP contribution in [0, 0.1) is 5.82 Å². The molecule has 1 heterocycles. The van der Waals surface area contributed by atoms with Gasteiger partial charge in [-0.3, -0.25) is 4.79 Å². The predicted molar refractivity (Wildman–Crippen MR) is 73.6 cm³/mol. The maximum Gasteiger partial charge on any atom is 0.239 e. The van der Waals surface area contributed by atoms with Crippen LogP contribution in [0.2, 0.25) is 0 Å². The van der Waals surface area contributed by atoms with Crippen molar-refractivity contribution < 1.29 is 9.18 Å². The van der Waals surface area contributed by atoms with Gasteiger partial charge in [-0.05, 0) is 25.1 Å². The van der Waals surface area contributed by atoms with E-state index in [4.69, 9.17) is 0 Å². The minimum absolute atomic E-state index is 0.00355. The zero-order chi connectivity index (χ0) is 13.7. The van der Waals surface area contributed by atoms with Crippen molar-refractivity contribution in [1.29, 1.82) is 0 Å². The van der Waals surface area contributed by atoms with Gasteiger partial charge in [-0.25, -0.2) is 4.39 Å². The van der Waals surface area contributed by atoms with Crippen LogP contribution in [0.25, 0.3) is 0 Å². The second kappa shape index (κ2) is 6.52. The molecule has 1 fully saturated rings. The third kappa shape index (κ3) is 3.44. The smallest absolute Gasteiger partial charge is 0.239 e. The molecule has 0 spiro atoms. The van der Waals surface area contributed by atoms with E-state index in [0.717, 1.165) is 25.2 Å². The van der Waals surface area contributed by atoms with E-state index in [9.17, 15) is 9.18 Å². The van der Waals surface area contributed by atoms with Crippen LogP contribution in [0.4, 0.5) is 10.1 Å². The van der Waals surface area contributed by atoms with Crippen molar-refractivity contribution in [1.82, 2.24) is 10.6 Å². The van der Waals surface area contributed by atoms with Crippen LogP contribution in [0.15, 0.2) is 18.2 Å². The van der Waals surface area contributed by atoms with E-state index in [1.54, 1.807) is 6.07 Å². The van der Waals surface area contributed by atoms with Gasteiger partial charge in [0, 0.05) is 30.9 Å². The highest BCUT2D eigenvalue weighted by Gasteiger charge is 2.19. The molecule has 1 saturated heterocycles. The lowest BCUT2D eigenvalue weighted by Gasteiger charge is -2.24. The summed E-state index contributed by atoms with van der Waals surface area (Å²) in [5.41, 5.74) is 1.46. The average Bonchev–Trinajstić information content (AvgIpc) is 2.62. The minimum atomic E-state index is -0.219. The van der Waals surface area contributed by atoms with Crippen molar-refractivity contribution in [3.05, 3.63) is 29.6 Å². The van der Waals surface area contributed by atoms with Crippen molar-refractivity contribution in [2.24, 2.45) is 0 Å². The number of hydrogen-bond acceptors (Lipinski definition) is 3. The number of amides is 1. The van der Waals surface area contributed by atoms with Gasteiger partial charge < -0.3 is 15.5 Å². The highest BCUT2D eigenvalue weighted by atomic mass is 19.1. The van der Waals surface area contributed by atoms with Crippen LogP contribution in [-0.2, 0) is 11.3 Å². The van der Waals surface area contributed by atoms with Gasteiger partial charge in [0.1, 0.15) is 5.82 Å². The van der Waals surface area contributed by atoms with Crippen LogP contribution in [0.3, 0.4) is 0 Å². The molecule has 0 atom stereocenters. The number of anilines is 1. The maximum atomic E-state index is 14.0. The first-order valence-corrected chi connectivity index (χ1v) is 6.72. The Hall–Kier alpha value is -1.62. The molecule has 1 aliphatic rings. The summed E-state index contributed by atoms with van der Waals surface area (Å²) in [6.45, 7) is 5.00. The Morgan fingerprint density at radius 3 is 3.11 bits per heavy atom. The third-order valence-electron chi connectivity index (χ3n) is 3.25. The van der Waals surface area contributed by atoms with Gasteiger partial charge in [-0.1, -0.05) is 13.0 Å². The first-order chi connectivity index (χ1) is 9.22. The standard InChI is InChI=1S/C14H20FN3O/c1-2-16-9-11-12(15)5-3-6-13(11)18-8-4-7-17-14(19)10-18/h3,5-6,16H,2,4,7-10H2,1H3,(H,17,19). The van der Waals surface area contributed by atoms with Gasteiger partial charge >= 0.3 is 0 Å². The molecule has 0 aromatic heterocycles. The van der Waals surface area contributed by atoms with Gasteiger partial charge in [0.2, 0.25) is 5.91 Å². The molecule has 104 valence electrons. The topological polar surface area (TPSA) is 44.4 Å². The molecular weight excluding hydrogens is 245 g/mol. The number of rotatable bonds is 4. The van der Waals surface area contributed by atoms with E-state index in [1.807, 2.05) is 17.9 Å². The molecule has 1 amide bonds. The number of carbonyl (C=O) groups excluding carboxylic acids is 1. The first kappa shape index (κ1) is 13.8. The second-order valence-corrected chi connectivity index (χ2v) is 4.64. The number of halogens is 1. The Kier molecular flexibility index (Phi) is 4.74. The van der Waals surface area contributed by atoms with E-state index in [1.165, 1.54) is 6.07 Å². The molecule has 0 unspecified atom stereocenters. The number of carbonyl (C=O) groups is 1. The normalized spacial score (nSPS) is 16.1. The molecule has 0 radical (unpaired) electrons. The Morgan fingerprint density at radius 1 is 1.47 bits per heavy atom. The summed E-state index contributed by atoms with van der Waals surface area (Å²) in [7, 11) is 0. The Bertz CT molecular complexity index is 450. The fraction of sp³-hybridized carbons (Fsp3) is 0.500. The third-order valence-corrected chi connectivity index (χ3v) is 3.25. The minimum Gasteiger partial charge on any atom is -0.362 e. The molecule has 5 heteroatoms. The molecule has 1 aliphatic heterocycles. The fourth-order valence-corrected chi connectivity index (χ4v) is 2.28. The molecule has 19 heavy (non-hydrogen) atoms. The SMILES string of the molecule is CCNCc1c(F)cccc1N1CCCNC(=O)C1. The van der Waals surface area contributed by atoms with Crippen molar-refractivity contribution in [3.63, 3.8) is 0 Å². The van der Waals surface area contributed by atoms with Gasteiger partial charge in [-0.15, -0.1) is 0 Å². The average molecular weight is 265 g/mol. The predicted octanol–water partition coefficient (Wildman–Crippen LogP) is 1.26. The first-order valence-electron chi connectivity index (χ1n) is 6.72. The van der Waals surface area contributed by atoms with Crippen LogP contribution in [-0.4, -0.2) is 32.1 Å². The molecule has 2 rings (SSSR count). The van der Waals surface area contributed by atoms with Crippen molar-refractivity contribution in [2.45, 2.75) is 19.9 Å². The lowest BCUT2D eigenvalue weighted by atomic mass is 10.1. The number of benzene rings is 1. The number of nitrogens with one attached hydrogen (secondary N) is 2. The molecular formula is C14H20FN3O. The van der Waals surface area contributed by atoms with Gasteiger partial charge in [0.25, 0.3) is 0 Å². The van der Waals surface area contributed by atoms with Gasteiger partial charge in [0.15, 0.2) is 0 Å². The van der Waals surface area contributed by atoms with Crippen molar-refractivity contribution in [3.8, 4) is 0 Å². The van der Waals surface area contributed by atoms with E-state index in [2.05, 4.69) is 10.6 Å². The summed E-state index contributed by atoms with van der Waals surface area (Å²) in [6.07, 6.45) is 0.878. The fourth-order valence-electron chi connectivity index (χ4n) is 2.28. The highest BCUT2D eigenvalue weighted by molar-refractivity contribution is 5.82. The number of hydrogen-bond donors (Lipinski definition) is 2. The number of nitrogens with zero attached hydrogens (tertiary/aromatic N) is 1. The summed E-state index contributed by atoms with van der Waals surface area (Å²) < 4.78 is 14.0. The molecule has 1 aromatic rings. The summed E-state index contributed by atoms with van der Waals surface area (Å²) >= 11 is 0. The molecule has 4 nitrogen and oxygen atoms in total. The van der Waals surface area contributed by atoms with Crippen molar-refractivity contribution >= 4 is 11.6 Å². The summed E-state index contributed by atoms with van der Waals surface area (Å²) in [4.78, 5) is 13.6. The van der Waals surface area contributed by atoms with Crippen LogP contribution in [0.5, 0.6) is 0 Å². The van der Waals surface area contributed by atoms with Gasteiger partial charge in [-0.2, -0.15) is 0 Å². The summed E-state index contributed by atoms with van der Waals surface area (Å²) in [5, 5.41) is 5.98. The highest BCUT2D eigenvalue weighted by Crippen LogP contribution is 2.24. The molecule has 0 saturated carbocycles. The molecule has 2 N–H and O–H groups in total. The zero-order valence-electron chi connectivity index (χ0n) is 11.2. The van der Waals surface area contributed by atoms with E-state index in [0.29, 0.717) is 25.2 Å². The van der Waals surface area contributed by atoms with Crippen LogP contribution >= 0.6 is 0 Å². The van der Waals surface area contributed by atoms with Crippen molar-refractivity contribution in [2.75, 3.05) is 31.1 Å². The van der Waals surface area contributed by atoms with Gasteiger partial charge in [0.05, 0.1) is 6.54 Å². The second-order valence-electron chi connectivity index (χ2n) is 4.64. The van der Waals surface area contributed by atoms with E-state index in [-0.39, 0.29) is 11.7 Å². The summed E-state index contributed by atoms with van der Waals surface area (Å²) in [6, 6.07) is 5.05. The molecule has 1 aromatic carbocycles. The Balaban J connectivity index is 2.26. The Labute approximate surface area is 113 Å². The van der Waals surface area contributed by atoms with Crippen LogP contribution in [0.1, 0.15) is 18.9 Å². The Morgan fingerprint density at radius 2 is 2.32 bits per heavy atom. The maximum absolute atomic E-state index is 14.0. The van der Waals surface area contributed by atoms with Crippen LogP contribution < -0.4 is 15.5 Å². The quantitative estimate of drug-likeness (QED) is 0.861.